The van der Waals surface area contributed by atoms with Gasteiger partial charge in [-0.05, 0) is 54.6 Å². The van der Waals surface area contributed by atoms with Gasteiger partial charge in [0.1, 0.15) is 5.75 Å². The van der Waals surface area contributed by atoms with Gasteiger partial charge in [-0.2, -0.15) is 5.10 Å². The SMILES string of the molecule is COC(=O)/C(=N/Nc1cc(S(=O)(=O)Nc2ccc(Cl)cc2)ccc1OC)c1nc2ccccc2[nH]1. The molecule has 0 radical (unpaired) electrons. The quantitative estimate of drug-likeness (QED) is 0.184. The van der Waals surface area contributed by atoms with E-state index in [0.29, 0.717) is 27.5 Å². The zero-order valence-corrected chi connectivity index (χ0v) is 20.1. The highest BCUT2D eigenvalue weighted by Gasteiger charge is 2.21. The first kappa shape index (κ1) is 24.0. The molecular formula is C23H20ClN5O5S. The summed E-state index contributed by atoms with van der Waals surface area (Å²) < 4.78 is 38.5. The molecule has 1 aromatic heterocycles. The summed E-state index contributed by atoms with van der Waals surface area (Å²) in [6.07, 6.45) is 0. The molecule has 0 spiro atoms. The van der Waals surface area contributed by atoms with E-state index in [1.165, 1.54) is 32.4 Å². The molecule has 3 aromatic carbocycles. The van der Waals surface area contributed by atoms with Crippen molar-refractivity contribution in [3.05, 3.63) is 77.6 Å². The second-order valence-corrected chi connectivity index (χ2v) is 9.26. The number of hydrogen-bond acceptors (Lipinski definition) is 8. The number of aromatic amines is 1. The molecule has 0 atom stereocenters. The van der Waals surface area contributed by atoms with Crippen LogP contribution in [0.2, 0.25) is 5.02 Å². The van der Waals surface area contributed by atoms with Crippen LogP contribution >= 0.6 is 11.6 Å². The van der Waals surface area contributed by atoms with E-state index in [1.807, 2.05) is 12.1 Å². The van der Waals surface area contributed by atoms with Crippen LogP contribution in [-0.4, -0.2) is 44.3 Å². The average molecular weight is 514 g/mol. The number of fused-ring (bicyclic) bond motifs is 1. The highest BCUT2D eigenvalue weighted by molar-refractivity contribution is 7.92. The van der Waals surface area contributed by atoms with Gasteiger partial charge in [0.25, 0.3) is 10.0 Å². The summed E-state index contributed by atoms with van der Waals surface area (Å²) in [7, 11) is -1.31. The van der Waals surface area contributed by atoms with E-state index in [4.69, 9.17) is 21.1 Å². The Hall–Kier alpha value is -4.09. The van der Waals surface area contributed by atoms with Crippen molar-refractivity contribution in [3.8, 4) is 5.75 Å². The minimum Gasteiger partial charge on any atom is -0.495 e. The smallest absolute Gasteiger partial charge is 0.362 e. The van der Waals surface area contributed by atoms with Gasteiger partial charge in [0.05, 0.1) is 35.8 Å². The highest BCUT2D eigenvalue weighted by Crippen LogP contribution is 2.29. The lowest BCUT2D eigenvalue weighted by molar-refractivity contribution is -0.132. The van der Waals surface area contributed by atoms with Gasteiger partial charge >= 0.3 is 5.97 Å². The third-order valence-corrected chi connectivity index (χ3v) is 6.49. The zero-order chi connectivity index (χ0) is 25.0. The molecule has 0 aliphatic rings. The maximum absolute atomic E-state index is 12.9. The van der Waals surface area contributed by atoms with Crippen molar-refractivity contribution in [2.75, 3.05) is 24.4 Å². The van der Waals surface area contributed by atoms with Gasteiger partial charge in [0, 0.05) is 10.7 Å². The number of sulfonamides is 1. The fourth-order valence-corrected chi connectivity index (χ4v) is 4.36. The summed E-state index contributed by atoms with van der Waals surface area (Å²) in [4.78, 5) is 19.7. The van der Waals surface area contributed by atoms with Gasteiger partial charge in [0.15, 0.2) is 5.82 Å². The molecule has 4 rings (SSSR count). The van der Waals surface area contributed by atoms with E-state index in [2.05, 4.69) is 25.2 Å². The number of ether oxygens (including phenoxy) is 2. The number of halogens is 1. The minimum atomic E-state index is -3.95. The fraction of sp³-hybridized carbons (Fsp3) is 0.0870. The van der Waals surface area contributed by atoms with Crippen LogP contribution < -0.4 is 14.9 Å². The van der Waals surface area contributed by atoms with Gasteiger partial charge < -0.3 is 14.5 Å². The van der Waals surface area contributed by atoms with Crippen LogP contribution in [0.5, 0.6) is 5.75 Å². The molecule has 0 aliphatic heterocycles. The number of H-pyrrole nitrogens is 1. The van der Waals surface area contributed by atoms with Gasteiger partial charge in [-0.3, -0.25) is 10.1 Å². The van der Waals surface area contributed by atoms with Crippen molar-refractivity contribution in [1.29, 1.82) is 0 Å². The predicted molar refractivity (Wildman–Crippen MR) is 134 cm³/mol. The maximum Gasteiger partial charge on any atom is 0.362 e. The summed E-state index contributed by atoms with van der Waals surface area (Å²) in [5.74, 6) is -0.269. The molecule has 0 fully saturated rings. The van der Waals surface area contributed by atoms with Crippen LogP contribution in [0.4, 0.5) is 11.4 Å². The van der Waals surface area contributed by atoms with Crippen LogP contribution in [-0.2, 0) is 19.6 Å². The summed E-state index contributed by atoms with van der Waals surface area (Å²) in [5, 5.41) is 4.62. The molecule has 12 heteroatoms. The molecule has 0 saturated heterocycles. The van der Waals surface area contributed by atoms with Crippen molar-refractivity contribution >= 4 is 55.7 Å². The summed E-state index contributed by atoms with van der Waals surface area (Å²) in [6.45, 7) is 0. The van der Waals surface area contributed by atoms with Crippen molar-refractivity contribution in [2.24, 2.45) is 5.10 Å². The monoisotopic (exact) mass is 513 g/mol. The van der Waals surface area contributed by atoms with Crippen LogP contribution in [0.3, 0.4) is 0 Å². The molecule has 180 valence electrons. The van der Waals surface area contributed by atoms with Gasteiger partial charge in [0.2, 0.25) is 5.71 Å². The van der Waals surface area contributed by atoms with E-state index < -0.39 is 16.0 Å². The Balaban J connectivity index is 1.67. The predicted octanol–water partition coefficient (Wildman–Crippen LogP) is 4.01. The number of rotatable bonds is 8. The van der Waals surface area contributed by atoms with Crippen LogP contribution in [0.1, 0.15) is 5.82 Å². The topological polar surface area (TPSA) is 135 Å². The van der Waals surface area contributed by atoms with Crippen molar-refractivity contribution in [2.45, 2.75) is 4.90 Å². The Morgan fingerprint density at radius 1 is 1.06 bits per heavy atom. The molecule has 4 aromatic rings. The maximum atomic E-state index is 12.9. The summed E-state index contributed by atoms with van der Waals surface area (Å²) >= 11 is 5.86. The van der Waals surface area contributed by atoms with Crippen molar-refractivity contribution < 1.29 is 22.7 Å². The molecule has 35 heavy (non-hydrogen) atoms. The lowest BCUT2D eigenvalue weighted by Crippen LogP contribution is -2.20. The lowest BCUT2D eigenvalue weighted by Gasteiger charge is -2.12. The van der Waals surface area contributed by atoms with Crippen LogP contribution in [0, 0.1) is 0 Å². The highest BCUT2D eigenvalue weighted by atomic mass is 35.5. The first-order valence-corrected chi connectivity index (χ1v) is 12.0. The van der Waals surface area contributed by atoms with Gasteiger partial charge in [-0.15, -0.1) is 0 Å². The Morgan fingerprint density at radius 2 is 1.80 bits per heavy atom. The first-order chi connectivity index (χ1) is 16.8. The Kier molecular flexibility index (Phi) is 6.90. The first-order valence-electron chi connectivity index (χ1n) is 10.1. The van der Waals surface area contributed by atoms with Crippen molar-refractivity contribution in [3.63, 3.8) is 0 Å². The van der Waals surface area contributed by atoms with Gasteiger partial charge in [-0.25, -0.2) is 18.2 Å². The fourth-order valence-electron chi connectivity index (χ4n) is 3.15. The number of carbonyl (C=O) groups excluding carboxylic acids is 1. The number of para-hydroxylation sites is 2. The second kappa shape index (κ2) is 10.0. The molecule has 1 heterocycles. The molecule has 0 saturated carbocycles. The lowest BCUT2D eigenvalue weighted by atomic mass is 10.3. The van der Waals surface area contributed by atoms with E-state index >= 15 is 0 Å². The van der Waals surface area contributed by atoms with E-state index in [1.54, 1.807) is 36.4 Å². The van der Waals surface area contributed by atoms with Crippen LogP contribution in [0.25, 0.3) is 11.0 Å². The number of nitrogens with one attached hydrogen (secondary N) is 3. The van der Waals surface area contributed by atoms with E-state index in [9.17, 15) is 13.2 Å². The second-order valence-electron chi connectivity index (χ2n) is 7.14. The average Bonchev–Trinajstić information content (AvgIpc) is 3.29. The Bertz CT molecular complexity index is 1480. The molecule has 3 N–H and O–H groups in total. The largest absolute Gasteiger partial charge is 0.495 e. The number of esters is 1. The Morgan fingerprint density at radius 3 is 2.49 bits per heavy atom. The van der Waals surface area contributed by atoms with Crippen LogP contribution in [0.15, 0.2) is 76.7 Å². The number of aromatic nitrogens is 2. The van der Waals surface area contributed by atoms with Crippen molar-refractivity contribution in [1.82, 2.24) is 9.97 Å². The third-order valence-electron chi connectivity index (χ3n) is 4.86. The number of hydrogen-bond donors (Lipinski definition) is 3. The number of carbonyl (C=O) groups is 1. The summed E-state index contributed by atoms with van der Waals surface area (Å²) in [5.41, 5.74) is 4.44. The normalized spacial score (nSPS) is 11.8. The number of anilines is 2. The number of imidazole rings is 1. The molecule has 0 aliphatic carbocycles. The van der Waals surface area contributed by atoms with Gasteiger partial charge in [-0.1, -0.05) is 23.7 Å². The molecule has 0 amide bonds. The Labute approximate surface area is 206 Å². The standard InChI is InChI=1S/C23H20ClN5O5S/c1-33-20-12-11-16(35(31,32)29-15-9-7-14(24)8-10-15)13-19(20)27-28-21(23(30)34-2)22-25-17-5-3-4-6-18(17)26-22/h3-13,27,29H,1-2H3,(H,25,26)/b28-21+. The third kappa shape index (κ3) is 5.36. The molecular weight excluding hydrogens is 494 g/mol. The van der Waals surface area contributed by atoms with E-state index in [-0.39, 0.29) is 22.1 Å². The number of methoxy groups -OCH3 is 2. The number of benzene rings is 3. The molecule has 0 bridgehead atoms. The number of nitrogens with zero attached hydrogens (tertiary/aromatic N) is 2. The number of hydrazone groups is 1. The minimum absolute atomic E-state index is 0.0608. The molecule has 0 unspecified atom stereocenters. The van der Waals surface area contributed by atoms with E-state index in [0.717, 1.165) is 0 Å². The zero-order valence-electron chi connectivity index (χ0n) is 18.6. The summed E-state index contributed by atoms with van der Waals surface area (Å²) in [6, 6.07) is 17.6. The molecule has 10 nitrogen and oxygen atoms in total.